The minimum Gasteiger partial charge on any atom is -0.444 e. The molecule has 9 nitrogen and oxygen atoms in total. The molecule has 9 heteroatoms. The summed E-state index contributed by atoms with van der Waals surface area (Å²) < 4.78 is 4.99. The van der Waals surface area contributed by atoms with Gasteiger partial charge in [0, 0.05) is 35.9 Å². The Morgan fingerprint density at radius 3 is 3.05 bits per heavy atom. The predicted octanol–water partition coefficient (Wildman–Crippen LogP) is 1.21. The van der Waals surface area contributed by atoms with Crippen LogP contribution in [0.4, 0.5) is 16.3 Å². The van der Waals surface area contributed by atoms with E-state index < -0.39 is 11.0 Å². The SMILES string of the molecule is NC(=O)OC1CCN(c2nncc3cc([N+](=O)[O-])ccc23)C1. The van der Waals surface area contributed by atoms with E-state index in [1.807, 2.05) is 4.90 Å². The van der Waals surface area contributed by atoms with Gasteiger partial charge in [-0.25, -0.2) is 4.79 Å². The van der Waals surface area contributed by atoms with Crippen molar-refractivity contribution in [3.63, 3.8) is 0 Å². The molecule has 2 N–H and O–H groups in total. The van der Waals surface area contributed by atoms with Crippen LogP contribution in [0.2, 0.25) is 0 Å². The molecule has 0 spiro atoms. The quantitative estimate of drug-likeness (QED) is 0.667. The normalized spacial score (nSPS) is 17.6. The Morgan fingerprint density at radius 2 is 2.32 bits per heavy atom. The van der Waals surface area contributed by atoms with Gasteiger partial charge in [0.15, 0.2) is 5.82 Å². The molecule has 1 fully saturated rings. The number of rotatable bonds is 3. The van der Waals surface area contributed by atoms with Gasteiger partial charge in [-0.1, -0.05) is 0 Å². The topological polar surface area (TPSA) is 124 Å². The number of carbonyl (C=O) groups is 1. The first-order valence-electron chi connectivity index (χ1n) is 6.65. The van der Waals surface area contributed by atoms with Crippen LogP contribution in [0.3, 0.4) is 0 Å². The zero-order valence-electron chi connectivity index (χ0n) is 11.5. The van der Waals surface area contributed by atoms with Crippen molar-refractivity contribution in [3.05, 3.63) is 34.5 Å². The summed E-state index contributed by atoms with van der Waals surface area (Å²) in [6, 6.07) is 4.54. The number of benzene rings is 1. The fraction of sp³-hybridized carbons (Fsp3) is 0.308. The molecule has 2 aromatic rings. The Labute approximate surface area is 124 Å². The van der Waals surface area contributed by atoms with Gasteiger partial charge in [0.25, 0.3) is 5.69 Å². The van der Waals surface area contributed by atoms with Crippen molar-refractivity contribution in [3.8, 4) is 0 Å². The first-order chi connectivity index (χ1) is 10.5. The van der Waals surface area contributed by atoms with Crippen LogP contribution in [0.1, 0.15) is 6.42 Å². The number of hydrogen-bond acceptors (Lipinski definition) is 7. The van der Waals surface area contributed by atoms with Crippen LogP contribution in [0.5, 0.6) is 0 Å². The molecule has 2 heterocycles. The van der Waals surface area contributed by atoms with E-state index in [0.717, 1.165) is 5.39 Å². The molecule has 1 aromatic heterocycles. The fourth-order valence-electron chi connectivity index (χ4n) is 2.59. The van der Waals surface area contributed by atoms with Gasteiger partial charge in [0.2, 0.25) is 0 Å². The largest absolute Gasteiger partial charge is 0.444 e. The maximum Gasteiger partial charge on any atom is 0.404 e. The van der Waals surface area contributed by atoms with Crippen LogP contribution in [-0.2, 0) is 4.74 Å². The van der Waals surface area contributed by atoms with E-state index in [9.17, 15) is 14.9 Å². The molecule has 0 bridgehead atoms. The molecule has 1 amide bonds. The number of primary amides is 1. The number of fused-ring (bicyclic) bond motifs is 1. The highest BCUT2D eigenvalue weighted by molar-refractivity contribution is 5.93. The summed E-state index contributed by atoms with van der Waals surface area (Å²) in [7, 11) is 0. The van der Waals surface area contributed by atoms with Gasteiger partial charge in [-0.05, 0) is 6.07 Å². The maximum atomic E-state index is 10.8. The standard InChI is InChI=1S/C13H13N5O4/c14-13(19)22-10-3-4-17(7-10)12-11-2-1-9(18(20)21)5-8(11)6-15-16-12/h1-2,5-6,10H,3-4,7H2,(H2,14,19). The minimum absolute atomic E-state index is 0.00260. The smallest absolute Gasteiger partial charge is 0.404 e. The Balaban J connectivity index is 1.91. The third-order valence-corrected chi connectivity index (χ3v) is 3.56. The zero-order chi connectivity index (χ0) is 15.7. The number of hydrogen-bond donors (Lipinski definition) is 1. The summed E-state index contributed by atoms with van der Waals surface area (Å²) in [5.41, 5.74) is 5.02. The molecule has 1 aliphatic heterocycles. The first kappa shape index (κ1) is 14.0. The number of nitrogens with zero attached hydrogens (tertiary/aromatic N) is 4. The summed E-state index contributed by atoms with van der Waals surface area (Å²) >= 11 is 0. The summed E-state index contributed by atoms with van der Waals surface area (Å²) in [5.74, 6) is 0.614. The van der Waals surface area contributed by atoms with E-state index in [1.54, 1.807) is 6.07 Å². The lowest BCUT2D eigenvalue weighted by Gasteiger charge is -2.18. The number of nitro benzene ring substituents is 1. The minimum atomic E-state index is -0.800. The lowest BCUT2D eigenvalue weighted by molar-refractivity contribution is -0.384. The number of non-ortho nitro benzene ring substituents is 1. The zero-order valence-corrected chi connectivity index (χ0v) is 11.5. The highest BCUT2D eigenvalue weighted by Crippen LogP contribution is 2.29. The van der Waals surface area contributed by atoms with Crippen molar-refractivity contribution >= 4 is 28.4 Å². The van der Waals surface area contributed by atoms with Gasteiger partial charge in [0.05, 0.1) is 17.7 Å². The van der Waals surface area contributed by atoms with Crippen molar-refractivity contribution in [2.75, 3.05) is 18.0 Å². The molecular weight excluding hydrogens is 290 g/mol. The second kappa shape index (κ2) is 5.43. The van der Waals surface area contributed by atoms with E-state index in [-0.39, 0.29) is 11.8 Å². The van der Waals surface area contributed by atoms with E-state index >= 15 is 0 Å². The average Bonchev–Trinajstić information content (AvgIpc) is 2.93. The van der Waals surface area contributed by atoms with Gasteiger partial charge in [-0.2, -0.15) is 5.10 Å². The van der Waals surface area contributed by atoms with E-state index in [0.29, 0.717) is 30.7 Å². The molecule has 3 rings (SSSR count). The van der Waals surface area contributed by atoms with Crippen molar-refractivity contribution < 1.29 is 14.5 Å². The van der Waals surface area contributed by atoms with E-state index in [2.05, 4.69) is 10.2 Å². The van der Waals surface area contributed by atoms with Crippen LogP contribution < -0.4 is 10.6 Å². The van der Waals surface area contributed by atoms with Gasteiger partial charge < -0.3 is 15.4 Å². The van der Waals surface area contributed by atoms with Crippen molar-refractivity contribution in [2.45, 2.75) is 12.5 Å². The van der Waals surface area contributed by atoms with Gasteiger partial charge in [0.1, 0.15) is 6.10 Å². The molecule has 1 aromatic carbocycles. The first-order valence-corrected chi connectivity index (χ1v) is 6.65. The molecule has 114 valence electrons. The third-order valence-electron chi connectivity index (χ3n) is 3.56. The number of aromatic nitrogens is 2. The Morgan fingerprint density at radius 1 is 1.50 bits per heavy atom. The lowest BCUT2D eigenvalue weighted by atomic mass is 10.1. The van der Waals surface area contributed by atoms with Crippen molar-refractivity contribution in [1.29, 1.82) is 0 Å². The highest BCUT2D eigenvalue weighted by Gasteiger charge is 2.27. The molecule has 1 atom stereocenters. The van der Waals surface area contributed by atoms with Crippen LogP contribution in [-0.4, -0.2) is 40.4 Å². The molecule has 1 aliphatic rings. The number of amides is 1. The van der Waals surface area contributed by atoms with Gasteiger partial charge in [-0.15, -0.1) is 5.10 Å². The molecule has 0 saturated carbocycles. The summed E-state index contributed by atoms with van der Waals surface area (Å²) in [6.45, 7) is 1.11. The van der Waals surface area contributed by atoms with Crippen molar-refractivity contribution in [1.82, 2.24) is 10.2 Å². The lowest BCUT2D eigenvalue weighted by Crippen LogP contribution is -2.27. The van der Waals surface area contributed by atoms with Crippen molar-refractivity contribution in [2.24, 2.45) is 5.73 Å². The molecule has 22 heavy (non-hydrogen) atoms. The maximum absolute atomic E-state index is 10.8. The van der Waals surface area contributed by atoms with Gasteiger partial charge in [-0.3, -0.25) is 10.1 Å². The van der Waals surface area contributed by atoms with Crippen LogP contribution in [0.15, 0.2) is 24.4 Å². The summed E-state index contributed by atoms with van der Waals surface area (Å²) in [5, 5.41) is 20.2. The average molecular weight is 303 g/mol. The highest BCUT2D eigenvalue weighted by atomic mass is 16.6. The molecule has 0 radical (unpaired) electrons. The fourth-order valence-corrected chi connectivity index (χ4v) is 2.59. The van der Waals surface area contributed by atoms with Crippen LogP contribution in [0.25, 0.3) is 10.8 Å². The third kappa shape index (κ3) is 2.60. The number of nitrogens with two attached hydrogens (primary N) is 1. The second-order valence-electron chi connectivity index (χ2n) is 4.99. The number of anilines is 1. The summed E-state index contributed by atoms with van der Waals surface area (Å²) in [6.07, 6.45) is 1.05. The van der Waals surface area contributed by atoms with Crippen LogP contribution >= 0.6 is 0 Å². The molecule has 1 saturated heterocycles. The van der Waals surface area contributed by atoms with Crippen LogP contribution in [0, 0.1) is 10.1 Å². The van der Waals surface area contributed by atoms with Gasteiger partial charge >= 0.3 is 6.09 Å². The molecule has 1 unspecified atom stereocenters. The molecular formula is C13H13N5O4. The number of nitro groups is 1. The Hall–Kier alpha value is -2.97. The number of carbonyl (C=O) groups excluding carboxylic acids is 1. The van der Waals surface area contributed by atoms with E-state index in [4.69, 9.17) is 10.5 Å². The Bertz CT molecular complexity index is 750. The molecule has 0 aliphatic carbocycles. The number of ether oxygens (including phenoxy) is 1. The monoisotopic (exact) mass is 303 g/mol. The second-order valence-corrected chi connectivity index (χ2v) is 4.99. The predicted molar refractivity (Wildman–Crippen MR) is 77.5 cm³/mol. The summed E-state index contributed by atoms with van der Waals surface area (Å²) in [4.78, 5) is 23.1. The Kier molecular flexibility index (Phi) is 3.45. The van der Waals surface area contributed by atoms with E-state index in [1.165, 1.54) is 18.3 Å².